The van der Waals surface area contributed by atoms with Crippen LogP contribution in [0, 0.1) is 5.82 Å². The number of nitrogens with one attached hydrogen (secondary N) is 1. The first-order valence-electron chi connectivity index (χ1n) is 8.37. The minimum Gasteiger partial charge on any atom is -0.306 e. The lowest BCUT2D eigenvalue weighted by molar-refractivity contribution is 0.178. The van der Waals surface area contributed by atoms with Crippen molar-refractivity contribution in [2.24, 2.45) is 0 Å². The van der Waals surface area contributed by atoms with Crippen LogP contribution in [0.3, 0.4) is 0 Å². The Morgan fingerprint density at radius 3 is 2.54 bits per heavy atom. The molecule has 0 spiro atoms. The Hall–Kier alpha value is -2.40. The molecule has 1 saturated heterocycles. The molecule has 124 valence electrons. The smallest absolute Gasteiger partial charge is 0.306 e. The Balaban J connectivity index is 1.49. The van der Waals surface area contributed by atoms with Crippen molar-refractivity contribution in [3.05, 3.63) is 70.4 Å². The molecule has 1 fully saturated rings. The molecule has 2 aromatic carbocycles. The monoisotopic (exact) mass is 325 g/mol. The van der Waals surface area contributed by atoms with Gasteiger partial charge in [-0.25, -0.2) is 9.18 Å². The topological polar surface area (TPSA) is 41.0 Å². The standard InChI is InChI=1S/C19H20FN3O/c20-16-6-2-1-5-14(16)13-22-11-9-15(10-12-22)23-18-8-4-3-7-17(18)21-19(23)24/h1-8,15H,9-13H2,(H,21,24). The molecule has 0 aliphatic carbocycles. The Kier molecular flexibility index (Phi) is 3.94. The molecule has 0 atom stereocenters. The molecule has 3 aromatic rings. The first kappa shape index (κ1) is 15.1. The highest BCUT2D eigenvalue weighted by atomic mass is 19.1. The minimum atomic E-state index is -0.146. The summed E-state index contributed by atoms with van der Waals surface area (Å²) in [5.41, 5.74) is 2.55. The van der Waals surface area contributed by atoms with Gasteiger partial charge in [-0.05, 0) is 31.0 Å². The predicted molar refractivity (Wildman–Crippen MR) is 92.5 cm³/mol. The van der Waals surface area contributed by atoms with Crippen LogP contribution in [0.5, 0.6) is 0 Å². The highest BCUT2D eigenvalue weighted by molar-refractivity contribution is 5.75. The zero-order valence-corrected chi connectivity index (χ0v) is 13.4. The molecule has 1 aromatic heterocycles. The van der Waals surface area contributed by atoms with Gasteiger partial charge in [-0.3, -0.25) is 9.47 Å². The van der Waals surface area contributed by atoms with Crippen molar-refractivity contribution in [1.29, 1.82) is 0 Å². The molecule has 4 rings (SSSR count). The molecule has 1 aliphatic rings. The molecule has 0 saturated carbocycles. The van der Waals surface area contributed by atoms with Gasteiger partial charge in [0.1, 0.15) is 5.82 Å². The summed E-state index contributed by atoms with van der Waals surface area (Å²) in [4.78, 5) is 17.5. The molecule has 24 heavy (non-hydrogen) atoms. The average molecular weight is 325 g/mol. The summed E-state index contributed by atoms with van der Waals surface area (Å²) in [5.74, 6) is -0.146. The third kappa shape index (κ3) is 2.76. The van der Waals surface area contributed by atoms with E-state index in [9.17, 15) is 9.18 Å². The number of nitrogens with zero attached hydrogens (tertiary/aromatic N) is 2. The van der Waals surface area contributed by atoms with Crippen LogP contribution in [0.25, 0.3) is 11.0 Å². The van der Waals surface area contributed by atoms with Crippen LogP contribution in [-0.4, -0.2) is 27.5 Å². The van der Waals surface area contributed by atoms with Crippen molar-refractivity contribution in [2.75, 3.05) is 13.1 Å². The van der Waals surface area contributed by atoms with Gasteiger partial charge in [0.05, 0.1) is 11.0 Å². The molecule has 1 aliphatic heterocycles. The van der Waals surface area contributed by atoms with Gasteiger partial charge in [0.15, 0.2) is 0 Å². The van der Waals surface area contributed by atoms with Crippen molar-refractivity contribution in [3.63, 3.8) is 0 Å². The highest BCUT2D eigenvalue weighted by Gasteiger charge is 2.23. The van der Waals surface area contributed by atoms with E-state index in [1.54, 1.807) is 6.07 Å². The molecule has 0 radical (unpaired) electrons. The lowest BCUT2D eigenvalue weighted by atomic mass is 10.0. The van der Waals surface area contributed by atoms with Crippen molar-refractivity contribution < 1.29 is 4.39 Å². The summed E-state index contributed by atoms with van der Waals surface area (Å²) in [7, 11) is 0. The van der Waals surface area contributed by atoms with Gasteiger partial charge in [-0.1, -0.05) is 30.3 Å². The van der Waals surface area contributed by atoms with Gasteiger partial charge in [-0.2, -0.15) is 0 Å². The van der Waals surface area contributed by atoms with Crippen molar-refractivity contribution in [2.45, 2.75) is 25.4 Å². The molecule has 0 unspecified atom stereocenters. The molecule has 1 N–H and O–H groups in total. The Bertz CT molecular complexity index is 906. The number of aromatic amines is 1. The molecular weight excluding hydrogens is 305 g/mol. The second kappa shape index (κ2) is 6.24. The number of fused-ring (bicyclic) bond motifs is 1. The van der Waals surface area contributed by atoms with E-state index in [1.165, 1.54) is 6.07 Å². The number of aromatic nitrogens is 2. The molecule has 0 bridgehead atoms. The van der Waals surface area contributed by atoms with Crippen LogP contribution in [0.15, 0.2) is 53.3 Å². The normalized spacial score (nSPS) is 16.7. The number of hydrogen-bond donors (Lipinski definition) is 1. The van der Waals surface area contributed by atoms with E-state index in [4.69, 9.17) is 0 Å². The zero-order chi connectivity index (χ0) is 16.5. The van der Waals surface area contributed by atoms with Gasteiger partial charge in [0.2, 0.25) is 0 Å². The summed E-state index contributed by atoms with van der Waals surface area (Å²) in [6.45, 7) is 2.36. The first-order valence-corrected chi connectivity index (χ1v) is 8.37. The average Bonchev–Trinajstić information content (AvgIpc) is 2.93. The number of piperidine rings is 1. The summed E-state index contributed by atoms with van der Waals surface area (Å²) in [6, 6.07) is 14.9. The van der Waals surface area contributed by atoms with E-state index in [0.717, 1.165) is 42.5 Å². The maximum absolute atomic E-state index is 13.8. The Labute approximate surface area is 139 Å². The van der Waals surface area contributed by atoms with Crippen molar-refractivity contribution >= 4 is 11.0 Å². The van der Waals surface area contributed by atoms with E-state index in [1.807, 2.05) is 41.0 Å². The largest absolute Gasteiger partial charge is 0.326 e. The van der Waals surface area contributed by atoms with Crippen LogP contribution in [-0.2, 0) is 6.54 Å². The number of para-hydroxylation sites is 2. The number of likely N-dealkylation sites (tertiary alicyclic amines) is 1. The Morgan fingerprint density at radius 1 is 1.04 bits per heavy atom. The number of imidazole rings is 1. The number of rotatable bonds is 3. The fraction of sp³-hybridized carbons (Fsp3) is 0.316. The number of H-pyrrole nitrogens is 1. The van der Waals surface area contributed by atoms with Gasteiger partial charge in [0, 0.05) is 31.2 Å². The maximum Gasteiger partial charge on any atom is 0.326 e. The maximum atomic E-state index is 13.8. The highest BCUT2D eigenvalue weighted by Crippen LogP contribution is 2.25. The third-order valence-electron chi connectivity index (χ3n) is 4.90. The molecule has 4 nitrogen and oxygen atoms in total. The lowest BCUT2D eigenvalue weighted by Gasteiger charge is -2.32. The number of halogens is 1. The van der Waals surface area contributed by atoms with E-state index in [-0.39, 0.29) is 17.5 Å². The summed E-state index contributed by atoms with van der Waals surface area (Å²) in [6.07, 6.45) is 1.80. The zero-order valence-electron chi connectivity index (χ0n) is 13.4. The second-order valence-corrected chi connectivity index (χ2v) is 6.42. The third-order valence-corrected chi connectivity index (χ3v) is 4.90. The summed E-state index contributed by atoms with van der Waals surface area (Å²) < 4.78 is 15.7. The molecular formula is C19H20FN3O. The second-order valence-electron chi connectivity index (χ2n) is 6.42. The van der Waals surface area contributed by atoms with Crippen LogP contribution >= 0.6 is 0 Å². The number of hydrogen-bond acceptors (Lipinski definition) is 2. The Morgan fingerprint density at radius 2 is 1.75 bits per heavy atom. The molecule has 0 amide bonds. The predicted octanol–water partition coefficient (Wildman–Crippen LogP) is 3.31. The van der Waals surface area contributed by atoms with Gasteiger partial charge in [0.25, 0.3) is 0 Å². The minimum absolute atomic E-state index is 0.0382. The van der Waals surface area contributed by atoms with E-state index >= 15 is 0 Å². The van der Waals surface area contributed by atoms with Crippen LogP contribution in [0.2, 0.25) is 0 Å². The van der Waals surface area contributed by atoms with E-state index in [0.29, 0.717) is 6.54 Å². The van der Waals surface area contributed by atoms with Gasteiger partial charge >= 0.3 is 5.69 Å². The molecule has 2 heterocycles. The SMILES string of the molecule is O=c1[nH]c2ccccc2n1C1CCN(Cc2ccccc2F)CC1. The fourth-order valence-corrected chi connectivity index (χ4v) is 3.64. The van der Waals surface area contributed by atoms with Gasteiger partial charge < -0.3 is 4.98 Å². The van der Waals surface area contributed by atoms with Crippen molar-refractivity contribution in [3.8, 4) is 0 Å². The van der Waals surface area contributed by atoms with Crippen molar-refractivity contribution in [1.82, 2.24) is 14.5 Å². The summed E-state index contributed by atoms with van der Waals surface area (Å²) in [5, 5.41) is 0. The van der Waals surface area contributed by atoms with Crippen LogP contribution < -0.4 is 5.69 Å². The van der Waals surface area contributed by atoms with E-state index < -0.39 is 0 Å². The van der Waals surface area contributed by atoms with Crippen LogP contribution in [0.1, 0.15) is 24.4 Å². The first-order chi connectivity index (χ1) is 11.7. The number of benzene rings is 2. The van der Waals surface area contributed by atoms with E-state index in [2.05, 4.69) is 9.88 Å². The quantitative estimate of drug-likeness (QED) is 0.803. The lowest BCUT2D eigenvalue weighted by Crippen LogP contribution is -2.36. The fourth-order valence-electron chi connectivity index (χ4n) is 3.64. The van der Waals surface area contributed by atoms with Gasteiger partial charge in [-0.15, -0.1) is 0 Å². The van der Waals surface area contributed by atoms with Crippen LogP contribution in [0.4, 0.5) is 4.39 Å². The molecule has 5 heteroatoms. The summed E-state index contributed by atoms with van der Waals surface area (Å²) >= 11 is 0.